The van der Waals surface area contributed by atoms with Crippen LogP contribution in [0.1, 0.15) is 86.5 Å². The van der Waals surface area contributed by atoms with Gasteiger partial charge in [-0.15, -0.1) is 0 Å². The fourth-order valence-electron chi connectivity index (χ4n) is 10.7. The third kappa shape index (κ3) is 5.64. The van der Waals surface area contributed by atoms with E-state index >= 15 is 0 Å². The topological polar surface area (TPSA) is 26.3 Å². The number of halogens is 11. The number of carbonyl (C=O) groups is 1. The van der Waals surface area contributed by atoms with Crippen molar-refractivity contribution in [2.24, 2.45) is 76.9 Å². The van der Waals surface area contributed by atoms with Crippen LogP contribution in [-0.4, -0.2) is 42.4 Å². The van der Waals surface area contributed by atoms with Crippen LogP contribution in [0.5, 0.6) is 0 Å². The van der Waals surface area contributed by atoms with E-state index in [9.17, 15) is 53.1 Å². The van der Waals surface area contributed by atoms with Crippen molar-refractivity contribution in [2.75, 3.05) is 6.61 Å². The molecule has 46 heavy (non-hydrogen) atoms. The van der Waals surface area contributed by atoms with E-state index in [4.69, 9.17) is 0 Å². The van der Waals surface area contributed by atoms with E-state index in [0.29, 0.717) is 36.0 Å². The molecule has 0 N–H and O–H groups in total. The number of esters is 1. The molecule has 6 aliphatic rings. The first-order valence-electron chi connectivity index (χ1n) is 16.8. The molecule has 0 aromatic carbocycles. The van der Waals surface area contributed by atoms with Gasteiger partial charge in [-0.3, -0.25) is 4.79 Å². The monoisotopic (exact) mass is 684 g/mol. The Kier molecular flexibility index (Phi) is 10.2. The summed E-state index contributed by atoms with van der Waals surface area (Å²) in [6.45, 7) is 11.6. The summed E-state index contributed by atoms with van der Waals surface area (Å²) >= 11 is 0. The second-order valence-electron chi connectivity index (χ2n) is 14.8. The molecular weight excluding hydrogens is 637 g/mol. The number of carbonyl (C=O) groups excluding carboxylic acids is 1. The molecule has 0 spiro atoms. The lowest BCUT2D eigenvalue weighted by Gasteiger charge is -2.43. The van der Waals surface area contributed by atoms with Crippen LogP contribution in [0.25, 0.3) is 0 Å². The lowest BCUT2D eigenvalue weighted by molar-refractivity contribution is -0.427. The molecule has 2 nitrogen and oxygen atoms in total. The highest BCUT2D eigenvalue weighted by Crippen LogP contribution is 2.71. The molecule has 6 fully saturated rings. The Morgan fingerprint density at radius 3 is 1.52 bits per heavy atom. The molecule has 6 saturated carbocycles. The molecule has 268 valence electrons. The molecule has 0 aromatic rings. The predicted octanol–water partition coefficient (Wildman–Crippen LogP) is 10.5. The highest BCUT2D eigenvalue weighted by atomic mass is 19.4. The molecule has 0 aliphatic heterocycles. The summed E-state index contributed by atoms with van der Waals surface area (Å²) in [5.74, 6) is -7.89. The zero-order valence-electron chi connectivity index (χ0n) is 27.1. The van der Waals surface area contributed by atoms with Crippen molar-refractivity contribution in [1.82, 2.24) is 0 Å². The summed E-state index contributed by atoms with van der Waals surface area (Å²) in [7, 11) is 0. The molecule has 13 heteroatoms. The molecular formula is C33H47F11O2. The summed E-state index contributed by atoms with van der Waals surface area (Å²) in [5.41, 5.74) is -7.49. The van der Waals surface area contributed by atoms with E-state index in [2.05, 4.69) is 32.4 Å². The zero-order chi connectivity index (χ0) is 34.9. The number of hydrogen-bond donors (Lipinski definition) is 0. The van der Waals surface area contributed by atoms with Gasteiger partial charge in [0.2, 0.25) is 0 Å². The lowest BCUT2D eigenvalue weighted by Crippen LogP contribution is -2.70. The quantitative estimate of drug-likeness (QED) is 0.158. The van der Waals surface area contributed by atoms with Crippen molar-refractivity contribution in [3.63, 3.8) is 0 Å². The molecule has 0 amide bonds. The second kappa shape index (κ2) is 12.5. The maximum atomic E-state index is 13.9. The van der Waals surface area contributed by atoms with Crippen LogP contribution >= 0.6 is 0 Å². The SMILES string of the molecule is CC.CC1C(C)C2CC1C1C3CC(C(=O)OCCC(F)(F)C(F)(F)C(F)(C(F)(F)F)C(F)(F)F)C(C3)C21.CC1C2CCC(C2)C1C. The highest BCUT2D eigenvalue weighted by molar-refractivity contribution is 5.73. The summed E-state index contributed by atoms with van der Waals surface area (Å²) in [5, 5.41) is 0. The van der Waals surface area contributed by atoms with Gasteiger partial charge in [0.1, 0.15) is 0 Å². The number of hydrogen-bond acceptors (Lipinski definition) is 2. The summed E-state index contributed by atoms with van der Waals surface area (Å²) in [6.07, 6.45) is -10.3. The molecule has 13 atom stereocenters. The third-order valence-corrected chi connectivity index (χ3v) is 13.3. The average Bonchev–Trinajstić information content (AvgIpc) is 3.80. The number of fused-ring (bicyclic) bond motifs is 11. The van der Waals surface area contributed by atoms with Gasteiger partial charge in [0.05, 0.1) is 18.9 Å². The van der Waals surface area contributed by atoms with Crippen molar-refractivity contribution in [3.05, 3.63) is 0 Å². The molecule has 0 aromatic heterocycles. The minimum Gasteiger partial charge on any atom is -0.465 e. The fraction of sp³-hybridized carbons (Fsp3) is 0.970. The summed E-state index contributed by atoms with van der Waals surface area (Å²) in [4.78, 5) is 12.5. The Balaban J connectivity index is 0.000000367. The van der Waals surface area contributed by atoms with Crippen LogP contribution in [0.4, 0.5) is 48.3 Å². The molecule has 0 heterocycles. The van der Waals surface area contributed by atoms with E-state index < -0.39 is 54.8 Å². The Morgan fingerprint density at radius 2 is 1.09 bits per heavy atom. The average molecular weight is 685 g/mol. The van der Waals surface area contributed by atoms with Gasteiger partial charge in [-0.25, -0.2) is 4.39 Å². The molecule has 13 unspecified atom stereocenters. The van der Waals surface area contributed by atoms with Crippen molar-refractivity contribution in [1.29, 1.82) is 0 Å². The van der Waals surface area contributed by atoms with Gasteiger partial charge in [-0.1, -0.05) is 41.5 Å². The number of alkyl halides is 11. The van der Waals surface area contributed by atoms with Crippen LogP contribution in [0.3, 0.4) is 0 Å². The maximum absolute atomic E-state index is 13.9. The Labute approximate surface area is 263 Å². The van der Waals surface area contributed by atoms with Crippen molar-refractivity contribution < 1.29 is 57.8 Å². The van der Waals surface area contributed by atoms with Crippen molar-refractivity contribution in [3.8, 4) is 0 Å². The molecule has 6 aliphatic carbocycles. The second-order valence-corrected chi connectivity index (χ2v) is 14.8. The van der Waals surface area contributed by atoms with Crippen LogP contribution in [0, 0.1) is 76.9 Å². The number of ether oxygens (including phenoxy) is 1. The van der Waals surface area contributed by atoms with Gasteiger partial charge in [0.15, 0.2) is 0 Å². The minimum absolute atomic E-state index is 0.0849. The van der Waals surface area contributed by atoms with Crippen molar-refractivity contribution >= 4 is 5.97 Å². The Bertz CT molecular complexity index is 1060. The van der Waals surface area contributed by atoms with Crippen LogP contribution < -0.4 is 0 Å². The summed E-state index contributed by atoms with van der Waals surface area (Å²) in [6, 6.07) is 0. The van der Waals surface area contributed by atoms with E-state index in [1.54, 1.807) is 6.42 Å². The van der Waals surface area contributed by atoms with Gasteiger partial charge in [0.25, 0.3) is 0 Å². The van der Waals surface area contributed by atoms with E-state index in [1.807, 2.05) is 13.8 Å². The minimum atomic E-state index is -7.49. The maximum Gasteiger partial charge on any atom is 0.438 e. The van der Waals surface area contributed by atoms with Gasteiger partial charge < -0.3 is 4.74 Å². The van der Waals surface area contributed by atoms with Gasteiger partial charge >= 0.3 is 35.8 Å². The Morgan fingerprint density at radius 1 is 0.609 bits per heavy atom. The first-order valence-corrected chi connectivity index (χ1v) is 16.8. The summed E-state index contributed by atoms with van der Waals surface area (Å²) < 4.78 is 149. The highest BCUT2D eigenvalue weighted by Gasteiger charge is 2.89. The molecule has 0 radical (unpaired) electrons. The first-order chi connectivity index (χ1) is 21.1. The van der Waals surface area contributed by atoms with Crippen LogP contribution in [-0.2, 0) is 9.53 Å². The lowest BCUT2D eigenvalue weighted by atomic mass is 9.62. The fourth-order valence-corrected chi connectivity index (χ4v) is 10.7. The van der Waals surface area contributed by atoms with Gasteiger partial charge in [0, 0.05) is 0 Å². The molecule has 6 bridgehead atoms. The van der Waals surface area contributed by atoms with Gasteiger partial charge in [-0.2, -0.15) is 43.9 Å². The predicted molar refractivity (Wildman–Crippen MR) is 149 cm³/mol. The third-order valence-electron chi connectivity index (χ3n) is 13.3. The van der Waals surface area contributed by atoms with Crippen molar-refractivity contribution in [2.45, 2.75) is 116 Å². The molecule has 6 rings (SSSR count). The first kappa shape index (κ1) is 37.5. The van der Waals surface area contributed by atoms with Crippen LogP contribution in [0.2, 0.25) is 0 Å². The number of rotatable bonds is 6. The smallest absolute Gasteiger partial charge is 0.438 e. The van der Waals surface area contributed by atoms with E-state index in [0.717, 1.165) is 36.5 Å². The molecule has 0 saturated heterocycles. The largest absolute Gasteiger partial charge is 0.465 e. The Hall–Kier alpha value is -1.30. The zero-order valence-corrected chi connectivity index (χ0v) is 27.1. The standard InChI is InChI=1S/C22H25F11O2.C9H16.C2H6/c1-8-9(2)12-7-11(8)15-10-5-13(16(12)15)14(6-10)17(34)35-4-3-18(23,24)20(26,27)19(25,21(28,29)30)22(31,32)33;1-6-7(2)9-4-3-8(6)5-9;1-2/h8-16H,3-7H2,1-2H3;6-9H,3-5H2,1-2H3;1-2H3. The normalized spacial score (nSPS) is 41.1. The van der Waals surface area contributed by atoms with Crippen LogP contribution in [0.15, 0.2) is 0 Å². The van der Waals surface area contributed by atoms with E-state index in [1.165, 1.54) is 12.8 Å². The van der Waals surface area contributed by atoms with E-state index in [-0.39, 0.29) is 17.8 Å². The van der Waals surface area contributed by atoms with Gasteiger partial charge in [-0.05, 0) is 110 Å².